The smallest absolute Gasteiger partial charge is 0.191 e. The maximum absolute atomic E-state index is 6.27. The number of rotatable bonds is 7. The van der Waals surface area contributed by atoms with E-state index in [1.807, 2.05) is 22.8 Å². The van der Waals surface area contributed by atoms with E-state index in [9.17, 15) is 0 Å². The second-order valence-corrected chi connectivity index (χ2v) is 6.52. The van der Waals surface area contributed by atoms with Crippen molar-refractivity contribution in [2.75, 3.05) is 20.1 Å². The molecule has 2 rings (SSSR count). The van der Waals surface area contributed by atoms with E-state index in [0.717, 1.165) is 36.9 Å². The normalized spacial score (nSPS) is 12.9. The van der Waals surface area contributed by atoms with Crippen LogP contribution in [0.2, 0.25) is 10.0 Å². The fourth-order valence-corrected chi connectivity index (χ4v) is 3.36. The number of aryl methyl sites for hydroxylation is 1. The first kappa shape index (κ1) is 19.5. The van der Waals surface area contributed by atoms with E-state index in [2.05, 4.69) is 39.7 Å². The van der Waals surface area contributed by atoms with Crippen molar-refractivity contribution >= 4 is 29.2 Å². The summed E-state index contributed by atoms with van der Waals surface area (Å²) in [5, 5.41) is 16.0. The Morgan fingerprint density at radius 3 is 2.64 bits per heavy atom. The van der Waals surface area contributed by atoms with Crippen LogP contribution < -0.4 is 10.6 Å². The molecule has 1 unspecified atom stereocenters. The summed E-state index contributed by atoms with van der Waals surface area (Å²) in [6, 6.07) is 5.57. The van der Waals surface area contributed by atoms with Gasteiger partial charge in [-0.2, -0.15) is 0 Å². The first-order valence-electron chi connectivity index (χ1n) is 8.31. The molecule has 0 bridgehead atoms. The van der Waals surface area contributed by atoms with Crippen molar-refractivity contribution in [1.82, 2.24) is 25.4 Å². The predicted octanol–water partition coefficient (Wildman–Crippen LogP) is 3.12. The highest BCUT2D eigenvalue weighted by Crippen LogP contribution is 2.30. The van der Waals surface area contributed by atoms with Crippen molar-refractivity contribution in [3.05, 3.63) is 46.0 Å². The van der Waals surface area contributed by atoms with Crippen LogP contribution in [0.3, 0.4) is 0 Å². The molecule has 2 aromatic rings. The Labute approximate surface area is 158 Å². The Hall–Kier alpha value is -1.79. The van der Waals surface area contributed by atoms with E-state index in [1.54, 1.807) is 13.4 Å². The molecule has 6 nitrogen and oxygen atoms in total. The van der Waals surface area contributed by atoms with E-state index >= 15 is 0 Å². The molecule has 0 radical (unpaired) electrons. The lowest BCUT2D eigenvalue weighted by molar-refractivity contribution is 0.627. The molecule has 0 saturated heterocycles. The lowest BCUT2D eigenvalue weighted by Gasteiger charge is -2.18. The number of nitrogens with one attached hydrogen (secondary N) is 2. The molecule has 2 N–H and O–H groups in total. The van der Waals surface area contributed by atoms with Gasteiger partial charge in [-0.3, -0.25) is 4.99 Å². The number of halogens is 2. The molecule has 1 aromatic heterocycles. The molecule has 25 heavy (non-hydrogen) atoms. The summed E-state index contributed by atoms with van der Waals surface area (Å²) in [5.41, 5.74) is 0.950. The molecule has 0 amide bonds. The van der Waals surface area contributed by atoms with Crippen LogP contribution in [0, 0.1) is 0 Å². The fraction of sp³-hybridized carbons (Fsp3) is 0.471. The molecule has 1 heterocycles. The zero-order chi connectivity index (χ0) is 18.2. The number of hydrogen-bond donors (Lipinski definition) is 2. The predicted molar refractivity (Wildman–Crippen MR) is 104 cm³/mol. The summed E-state index contributed by atoms with van der Waals surface area (Å²) in [5.74, 6) is 1.87. The van der Waals surface area contributed by atoms with Gasteiger partial charge in [-0.25, -0.2) is 0 Å². The quantitative estimate of drug-likeness (QED) is 0.570. The van der Waals surface area contributed by atoms with Gasteiger partial charge in [0, 0.05) is 49.1 Å². The highest BCUT2D eigenvalue weighted by atomic mass is 35.5. The Morgan fingerprint density at radius 2 is 2.00 bits per heavy atom. The van der Waals surface area contributed by atoms with Crippen LogP contribution in [0.1, 0.15) is 31.2 Å². The maximum Gasteiger partial charge on any atom is 0.191 e. The molecule has 136 valence electrons. The van der Waals surface area contributed by atoms with Crippen molar-refractivity contribution in [3.63, 3.8) is 0 Å². The number of guanidine groups is 1. The molecule has 0 saturated carbocycles. The summed E-state index contributed by atoms with van der Waals surface area (Å²) < 4.78 is 2.03. The third-order valence-corrected chi connectivity index (χ3v) is 4.61. The molecular formula is C17H24Cl2N6. The van der Waals surface area contributed by atoms with Crippen molar-refractivity contribution in [3.8, 4) is 0 Å². The minimum absolute atomic E-state index is 0.157. The van der Waals surface area contributed by atoms with Crippen molar-refractivity contribution in [2.24, 2.45) is 4.99 Å². The number of aromatic nitrogens is 3. The number of benzene rings is 1. The zero-order valence-electron chi connectivity index (χ0n) is 14.8. The Balaban J connectivity index is 1.84. The van der Waals surface area contributed by atoms with Gasteiger partial charge in [0.15, 0.2) is 5.96 Å². The second kappa shape index (κ2) is 9.63. The highest BCUT2D eigenvalue weighted by Gasteiger charge is 2.14. The van der Waals surface area contributed by atoms with Crippen LogP contribution in [0.4, 0.5) is 0 Å². The van der Waals surface area contributed by atoms with E-state index in [-0.39, 0.29) is 5.92 Å². The van der Waals surface area contributed by atoms with Crippen molar-refractivity contribution in [2.45, 2.75) is 32.7 Å². The SMILES string of the molecule is CCc1nncn1CCNC(=NC)NCC(C)c1c(Cl)cccc1Cl. The largest absolute Gasteiger partial charge is 0.356 e. The van der Waals surface area contributed by atoms with Crippen molar-refractivity contribution in [1.29, 1.82) is 0 Å². The Bertz CT molecular complexity index is 693. The average molecular weight is 383 g/mol. The third-order valence-electron chi connectivity index (χ3n) is 3.95. The van der Waals surface area contributed by atoms with Gasteiger partial charge in [0.1, 0.15) is 12.2 Å². The van der Waals surface area contributed by atoms with E-state index in [4.69, 9.17) is 23.2 Å². The third kappa shape index (κ3) is 5.34. The van der Waals surface area contributed by atoms with Gasteiger partial charge in [0.05, 0.1) is 0 Å². The molecule has 0 aliphatic heterocycles. The minimum atomic E-state index is 0.157. The first-order chi connectivity index (χ1) is 12.1. The molecule has 0 aliphatic carbocycles. The van der Waals surface area contributed by atoms with Gasteiger partial charge in [-0.1, -0.05) is 43.1 Å². The molecular weight excluding hydrogens is 359 g/mol. The van der Waals surface area contributed by atoms with Crippen LogP contribution in [0.5, 0.6) is 0 Å². The van der Waals surface area contributed by atoms with Gasteiger partial charge in [0.2, 0.25) is 0 Å². The summed E-state index contributed by atoms with van der Waals surface area (Å²) in [6.07, 6.45) is 2.61. The standard InChI is InChI=1S/C17H24Cl2N6/c1-4-15-24-23-11-25(15)9-8-21-17(20-3)22-10-12(2)16-13(18)6-5-7-14(16)19/h5-7,11-12H,4,8-10H2,1-3H3,(H2,20,21,22). The maximum atomic E-state index is 6.27. The fourth-order valence-electron chi connectivity index (χ4n) is 2.59. The molecule has 0 fully saturated rings. The lowest BCUT2D eigenvalue weighted by atomic mass is 10.0. The molecule has 1 atom stereocenters. The van der Waals surface area contributed by atoms with Crippen LogP contribution in [-0.4, -0.2) is 40.9 Å². The monoisotopic (exact) mass is 382 g/mol. The van der Waals surface area contributed by atoms with Gasteiger partial charge in [0.25, 0.3) is 0 Å². The van der Waals surface area contributed by atoms with E-state index < -0.39 is 0 Å². The molecule has 0 aliphatic rings. The van der Waals surface area contributed by atoms with Gasteiger partial charge in [-0.15, -0.1) is 10.2 Å². The topological polar surface area (TPSA) is 67.1 Å². The van der Waals surface area contributed by atoms with E-state index in [0.29, 0.717) is 16.6 Å². The average Bonchev–Trinajstić information content (AvgIpc) is 3.05. The van der Waals surface area contributed by atoms with Gasteiger partial charge < -0.3 is 15.2 Å². The molecule has 0 spiro atoms. The lowest BCUT2D eigenvalue weighted by Crippen LogP contribution is -2.40. The molecule has 8 heteroatoms. The summed E-state index contributed by atoms with van der Waals surface area (Å²) in [6.45, 7) is 6.33. The Kier molecular flexibility index (Phi) is 7.52. The van der Waals surface area contributed by atoms with Crippen LogP contribution in [-0.2, 0) is 13.0 Å². The van der Waals surface area contributed by atoms with Gasteiger partial charge >= 0.3 is 0 Å². The number of nitrogens with zero attached hydrogens (tertiary/aromatic N) is 4. The summed E-state index contributed by atoms with van der Waals surface area (Å²) >= 11 is 12.5. The van der Waals surface area contributed by atoms with Crippen LogP contribution >= 0.6 is 23.2 Å². The van der Waals surface area contributed by atoms with Crippen LogP contribution in [0.15, 0.2) is 29.5 Å². The summed E-state index contributed by atoms with van der Waals surface area (Å²) in [4.78, 5) is 4.25. The van der Waals surface area contributed by atoms with Gasteiger partial charge in [-0.05, 0) is 17.7 Å². The first-order valence-corrected chi connectivity index (χ1v) is 9.07. The Morgan fingerprint density at radius 1 is 1.28 bits per heavy atom. The zero-order valence-corrected chi connectivity index (χ0v) is 16.3. The minimum Gasteiger partial charge on any atom is -0.356 e. The second-order valence-electron chi connectivity index (χ2n) is 5.71. The van der Waals surface area contributed by atoms with Crippen molar-refractivity contribution < 1.29 is 0 Å². The number of aliphatic imine (C=N–C) groups is 1. The molecule has 1 aromatic carbocycles. The summed E-state index contributed by atoms with van der Waals surface area (Å²) in [7, 11) is 1.75. The highest BCUT2D eigenvalue weighted by molar-refractivity contribution is 6.36. The van der Waals surface area contributed by atoms with E-state index in [1.165, 1.54) is 0 Å². The van der Waals surface area contributed by atoms with Crippen LogP contribution in [0.25, 0.3) is 0 Å². The number of hydrogen-bond acceptors (Lipinski definition) is 3.